The highest BCUT2D eigenvalue weighted by Crippen LogP contribution is 2.22. The Morgan fingerprint density at radius 3 is 2.44 bits per heavy atom. The smallest absolute Gasteiger partial charge is 0.269 e. The van der Waals surface area contributed by atoms with E-state index >= 15 is 0 Å². The van der Waals surface area contributed by atoms with Crippen molar-refractivity contribution in [1.29, 1.82) is 0 Å². The molecule has 0 aliphatic carbocycles. The number of hydrogen-bond donors (Lipinski definition) is 3. The first-order valence-corrected chi connectivity index (χ1v) is 8.36. The highest BCUT2D eigenvalue weighted by atomic mass is 16.2. The maximum atomic E-state index is 12.5. The Bertz CT molecular complexity index is 992. The predicted molar refractivity (Wildman–Crippen MR) is 103 cm³/mol. The van der Waals surface area contributed by atoms with Crippen LogP contribution in [-0.4, -0.2) is 26.5 Å². The van der Waals surface area contributed by atoms with Crippen LogP contribution in [0.5, 0.6) is 0 Å². The summed E-state index contributed by atoms with van der Waals surface area (Å²) in [6.45, 7) is 4.14. The number of aromatic nitrogens is 3. The van der Waals surface area contributed by atoms with Gasteiger partial charge in [0.05, 0.1) is 0 Å². The van der Waals surface area contributed by atoms with Crippen LogP contribution < -0.4 is 16.9 Å². The van der Waals surface area contributed by atoms with E-state index in [4.69, 9.17) is 11.6 Å². The third-order valence-corrected chi connectivity index (χ3v) is 4.14. The molecule has 2 heterocycles. The second kappa shape index (κ2) is 7.28. The molecule has 1 aromatic carbocycles. The van der Waals surface area contributed by atoms with Crippen molar-refractivity contribution in [2.45, 2.75) is 19.8 Å². The number of carbonyl (C=O) groups is 2. The average molecular weight is 364 g/mol. The van der Waals surface area contributed by atoms with E-state index in [0.29, 0.717) is 28.6 Å². The number of benzene rings is 1. The average Bonchev–Trinajstić information content (AvgIpc) is 3.04. The van der Waals surface area contributed by atoms with Crippen molar-refractivity contribution < 1.29 is 9.59 Å². The van der Waals surface area contributed by atoms with Gasteiger partial charge in [-0.3, -0.25) is 9.59 Å². The topological polar surface area (TPSA) is 129 Å². The molecule has 0 bridgehead atoms. The number of anilines is 1. The molecule has 0 saturated heterocycles. The van der Waals surface area contributed by atoms with Gasteiger partial charge in [0, 0.05) is 17.3 Å². The molecule has 0 unspecified atom stereocenters. The van der Waals surface area contributed by atoms with E-state index in [-0.39, 0.29) is 11.6 Å². The predicted octanol–water partition coefficient (Wildman–Crippen LogP) is 2.13. The van der Waals surface area contributed by atoms with E-state index in [1.54, 1.807) is 30.5 Å². The minimum atomic E-state index is -0.678. The molecule has 3 aromatic rings. The Morgan fingerprint density at radius 1 is 1.11 bits per heavy atom. The van der Waals surface area contributed by atoms with E-state index in [0.717, 1.165) is 10.2 Å². The second-order valence-electron chi connectivity index (χ2n) is 6.37. The summed E-state index contributed by atoms with van der Waals surface area (Å²) in [6, 6.07) is 10.4. The number of carbonyl (C=O) groups excluding carboxylic acids is 2. The summed E-state index contributed by atoms with van der Waals surface area (Å²) in [5, 5.41) is 2.78. The molecule has 3 rings (SSSR count). The zero-order chi connectivity index (χ0) is 19.6. The number of primary amides is 1. The molecule has 0 saturated carbocycles. The molecule has 138 valence electrons. The maximum Gasteiger partial charge on any atom is 0.269 e. The van der Waals surface area contributed by atoms with Crippen LogP contribution in [0.3, 0.4) is 0 Å². The first-order valence-electron chi connectivity index (χ1n) is 8.36. The normalized spacial score (nSPS) is 10.8. The van der Waals surface area contributed by atoms with Crippen molar-refractivity contribution in [3.05, 3.63) is 65.7 Å². The van der Waals surface area contributed by atoms with Gasteiger partial charge in [0.2, 0.25) is 0 Å². The van der Waals surface area contributed by atoms with Crippen molar-refractivity contribution >= 4 is 17.6 Å². The third kappa shape index (κ3) is 3.79. The van der Waals surface area contributed by atoms with Crippen molar-refractivity contribution in [1.82, 2.24) is 14.6 Å². The molecule has 0 fully saturated rings. The quantitative estimate of drug-likeness (QED) is 0.597. The van der Waals surface area contributed by atoms with E-state index in [9.17, 15) is 9.59 Å². The summed E-state index contributed by atoms with van der Waals surface area (Å²) < 4.78 is 1.08. The number of hydrogen-bond acceptors (Lipinski definition) is 5. The van der Waals surface area contributed by atoms with Crippen LogP contribution in [0.15, 0.2) is 48.9 Å². The van der Waals surface area contributed by atoms with E-state index in [2.05, 4.69) is 29.1 Å². The maximum absolute atomic E-state index is 12.5. The van der Waals surface area contributed by atoms with E-state index < -0.39 is 5.91 Å². The number of imidazole rings is 1. The van der Waals surface area contributed by atoms with Gasteiger partial charge in [0.15, 0.2) is 5.69 Å². The number of amides is 2. The Hall–Kier alpha value is -3.68. The largest absolute Gasteiger partial charge is 0.364 e. The summed E-state index contributed by atoms with van der Waals surface area (Å²) in [5.41, 5.74) is 7.97. The summed E-state index contributed by atoms with van der Waals surface area (Å²) in [6.07, 6.45) is 2.98. The molecule has 2 amide bonds. The lowest BCUT2D eigenvalue weighted by molar-refractivity contribution is 0.0991. The highest BCUT2D eigenvalue weighted by Gasteiger charge is 2.17. The fourth-order valence-corrected chi connectivity index (χ4v) is 2.66. The fourth-order valence-electron chi connectivity index (χ4n) is 2.66. The van der Waals surface area contributed by atoms with Crippen LogP contribution in [-0.2, 0) is 0 Å². The zero-order valence-corrected chi connectivity index (χ0v) is 15.0. The first-order chi connectivity index (χ1) is 12.9. The van der Waals surface area contributed by atoms with Crippen LogP contribution in [0.1, 0.15) is 46.2 Å². The fraction of sp³-hybridized carbons (Fsp3) is 0.158. The standard InChI is InChI=1S/C19H20N6O2/c1-11(2)14-7-8-22-15(9-14)24-19(27)13-5-3-12(4-6-13)16-17(18(20)26)25(21)10-23-16/h3-11H,21H2,1-2H3,(H2,20,26)(H,22,24,27). The molecule has 0 aliphatic heterocycles. The molecule has 8 nitrogen and oxygen atoms in total. The van der Waals surface area contributed by atoms with Gasteiger partial charge in [-0.15, -0.1) is 0 Å². The van der Waals surface area contributed by atoms with Gasteiger partial charge in [-0.1, -0.05) is 26.0 Å². The van der Waals surface area contributed by atoms with Gasteiger partial charge in [0.1, 0.15) is 17.8 Å². The molecule has 2 aromatic heterocycles. The lowest BCUT2D eigenvalue weighted by atomic mass is 10.0. The van der Waals surface area contributed by atoms with Crippen LogP contribution in [0.25, 0.3) is 11.3 Å². The molecule has 8 heteroatoms. The number of nitrogens with two attached hydrogens (primary N) is 2. The number of pyridine rings is 1. The molecule has 0 spiro atoms. The van der Waals surface area contributed by atoms with Gasteiger partial charge in [-0.05, 0) is 35.7 Å². The Balaban J connectivity index is 1.80. The van der Waals surface area contributed by atoms with Crippen LogP contribution in [0.4, 0.5) is 5.82 Å². The number of nitrogens with zero attached hydrogens (tertiary/aromatic N) is 3. The lowest BCUT2D eigenvalue weighted by Gasteiger charge is -2.09. The number of rotatable bonds is 5. The highest BCUT2D eigenvalue weighted by molar-refractivity contribution is 6.04. The van der Waals surface area contributed by atoms with Gasteiger partial charge >= 0.3 is 0 Å². The van der Waals surface area contributed by atoms with Gasteiger partial charge < -0.3 is 16.9 Å². The van der Waals surface area contributed by atoms with Crippen LogP contribution >= 0.6 is 0 Å². The Morgan fingerprint density at radius 2 is 1.81 bits per heavy atom. The molecule has 27 heavy (non-hydrogen) atoms. The SMILES string of the molecule is CC(C)c1ccnc(NC(=O)c2ccc(-c3ncn(N)c3C(N)=O)cc2)c1. The third-order valence-electron chi connectivity index (χ3n) is 4.14. The van der Waals surface area contributed by atoms with Gasteiger partial charge in [0.25, 0.3) is 11.8 Å². The van der Waals surface area contributed by atoms with Gasteiger partial charge in [-0.25, -0.2) is 14.6 Å². The summed E-state index contributed by atoms with van der Waals surface area (Å²) in [4.78, 5) is 32.3. The Kier molecular flexibility index (Phi) is 4.89. The molecule has 0 radical (unpaired) electrons. The van der Waals surface area contributed by atoms with E-state index in [1.807, 2.05) is 12.1 Å². The molecule has 5 N–H and O–H groups in total. The zero-order valence-electron chi connectivity index (χ0n) is 15.0. The van der Waals surface area contributed by atoms with E-state index in [1.165, 1.54) is 6.33 Å². The summed E-state index contributed by atoms with van der Waals surface area (Å²) in [5.74, 6) is 5.53. The van der Waals surface area contributed by atoms with Crippen molar-refractivity contribution in [3.63, 3.8) is 0 Å². The summed E-state index contributed by atoms with van der Waals surface area (Å²) >= 11 is 0. The first kappa shape index (κ1) is 18.1. The number of nitrogen functional groups attached to an aromatic ring is 1. The van der Waals surface area contributed by atoms with Crippen molar-refractivity contribution in [3.8, 4) is 11.3 Å². The molecular weight excluding hydrogens is 344 g/mol. The van der Waals surface area contributed by atoms with Crippen LogP contribution in [0.2, 0.25) is 0 Å². The Labute approximate surface area is 156 Å². The number of nitrogens with one attached hydrogen (secondary N) is 1. The lowest BCUT2D eigenvalue weighted by Crippen LogP contribution is -2.21. The minimum absolute atomic E-state index is 0.0990. The summed E-state index contributed by atoms with van der Waals surface area (Å²) in [7, 11) is 0. The monoisotopic (exact) mass is 364 g/mol. The minimum Gasteiger partial charge on any atom is -0.364 e. The second-order valence-corrected chi connectivity index (χ2v) is 6.37. The molecule has 0 atom stereocenters. The molecule has 0 aliphatic rings. The van der Waals surface area contributed by atoms with Crippen LogP contribution in [0, 0.1) is 0 Å². The van der Waals surface area contributed by atoms with Crippen molar-refractivity contribution in [2.75, 3.05) is 11.2 Å². The molecular formula is C19H20N6O2. The van der Waals surface area contributed by atoms with Gasteiger partial charge in [-0.2, -0.15) is 0 Å². The van der Waals surface area contributed by atoms with Crippen molar-refractivity contribution in [2.24, 2.45) is 5.73 Å².